The molecule has 1 aromatic heterocycles. The van der Waals surface area contributed by atoms with Crippen LogP contribution < -0.4 is 20.4 Å². The van der Waals surface area contributed by atoms with Gasteiger partial charge in [0.1, 0.15) is 5.69 Å². The lowest BCUT2D eigenvalue weighted by atomic mass is 10.1. The van der Waals surface area contributed by atoms with Gasteiger partial charge in [0.05, 0.1) is 6.20 Å². The summed E-state index contributed by atoms with van der Waals surface area (Å²) in [5.41, 5.74) is 3.50. The molecule has 0 saturated carbocycles. The fourth-order valence-electron chi connectivity index (χ4n) is 2.17. The molecule has 128 valence electrons. The molecule has 0 fully saturated rings. The topological polar surface area (TPSA) is 73.4 Å². The van der Waals surface area contributed by atoms with Gasteiger partial charge >= 0.3 is 6.03 Å². The molecule has 7 nitrogen and oxygen atoms in total. The monoisotopic (exact) mass is 328 g/mol. The fourth-order valence-corrected chi connectivity index (χ4v) is 2.17. The predicted molar refractivity (Wildman–Crippen MR) is 99.2 cm³/mol. The van der Waals surface area contributed by atoms with E-state index >= 15 is 0 Å². The molecular weight excluding hydrogens is 304 g/mol. The quantitative estimate of drug-likeness (QED) is 0.903. The lowest BCUT2D eigenvalue weighted by molar-refractivity contribution is 0.262. The Morgan fingerprint density at radius 1 is 1.00 bits per heavy atom. The number of aromatic nitrogens is 2. The summed E-state index contributed by atoms with van der Waals surface area (Å²) in [6.07, 6.45) is 1.61. The van der Waals surface area contributed by atoms with Gasteiger partial charge in [-0.15, -0.1) is 0 Å². The zero-order chi connectivity index (χ0) is 17.9. The lowest BCUT2D eigenvalue weighted by Gasteiger charge is -2.19. The number of urea groups is 1. The normalized spacial score (nSPS) is 10.2. The molecule has 0 atom stereocenters. The van der Waals surface area contributed by atoms with E-state index in [0.29, 0.717) is 17.5 Å². The molecule has 2 N–H and O–H groups in total. The third kappa shape index (κ3) is 3.92. The SMILES string of the molecule is Cc1cccc(NC(=O)Nc2cnc(N(C)C)nc2N(C)C)c1C. The minimum Gasteiger partial charge on any atom is -0.361 e. The van der Waals surface area contributed by atoms with E-state index < -0.39 is 0 Å². The molecule has 7 heteroatoms. The van der Waals surface area contributed by atoms with Gasteiger partial charge in [-0.05, 0) is 31.0 Å². The van der Waals surface area contributed by atoms with Crippen molar-refractivity contribution in [2.45, 2.75) is 13.8 Å². The van der Waals surface area contributed by atoms with Crippen LogP contribution in [0.15, 0.2) is 24.4 Å². The van der Waals surface area contributed by atoms with Crippen LogP contribution in [-0.2, 0) is 0 Å². The Morgan fingerprint density at radius 2 is 1.67 bits per heavy atom. The summed E-state index contributed by atoms with van der Waals surface area (Å²) in [6, 6.07) is 5.47. The lowest BCUT2D eigenvalue weighted by Crippen LogP contribution is -2.24. The summed E-state index contributed by atoms with van der Waals surface area (Å²) in [6.45, 7) is 3.99. The first kappa shape index (κ1) is 17.5. The van der Waals surface area contributed by atoms with Gasteiger partial charge in [-0.3, -0.25) is 0 Å². The summed E-state index contributed by atoms with van der Waals surface area (Å²) in [5.74, 6) is 1.23. The van der Waals surface area contributed by atoms with Crippen LogP contribution in [0.5, 0.6) is 0 Å². The maximum Gasteiger partial charge on any atom is 0.323 e. The maximum atomic E-state index is 12.3. The van der Waals surface area contributed by atoms with Crippen LogP contribution in [0.2, 0.25) is 0 Å². The first-order chi connectivity index (χ1) is 11.3. The van der Waals surface area contributed by atoms with Gasteiger partial charge < -0.3 is 20.4 Å². The summed E-state index contributed by atoms with van der Waals surface area (Å²) in [4.78, 5) is 24.7. The van der Waals surface area contributed by atoms with Crippen LogP contribution in [0.1, 0.15) is 11.1 Å². The van der Waals surface area contributed by atoms with Crippen molar-refractivity contribution < 1.29 is 4.79 Å². The number of nitrogens with zero attached hydrogens (tertiary/aromatic N) is 4. The zero-order valence-corrected chi connectivity index (χ0v) is 15.0. The van der Waals surface area contributed by atoms with Crippen molar-refractivity contribution in [3.05, 3.63) is 35.5 Å². The predicted octanol–water partition coefficient (Wildman–Crippen LogP) is 2.87. The van der Waals surface area contributed by atoms with Gasteiger partial charge in [-0.1, -0.05) is 12.1 Å². The average Bonchev–Trinajstić information content (AvgIpc) is 2.51. The minimum atomic E-state index is -0.326. The summed E-state index contributed by atoms with van der Waals surface area (Å²) in [5, 5.41) is 5.69. The second kappa shape index (κ2) is 7.16. The molecule has 0 spiro atoms. The fraction of sp³-hybridized carbons (Fsp3) is 0.353. The van der Waals surface area contributed by atoms with Crippen LogP contribution in [0.25, 0.3) is 0 Å². The summed E-state index contributed by atoms with van der Waals surface area (Å²) >= 11 is 0. The van der Waals surface area contributed by atoms with Crippen molar-refractivity contribution in [3.8, 4) is 0 Å². The molecule has 0 unspecified atom stereocenters. The van der Waals surface area contributed by atoms with Crippen molar-refractivity contribution in [1.82, 2.24) is 9.97 Å². The largest absolute Gasteiger partial charge is 0.361 e. The molecule has 0 saturated heterocycles. The first-order valence-electron chi connectivity index (χ1n) is 7.65. The molecule has 2 rings (SSSR count). The van der Waals surface area contributed by atoms with E-state index in [0.717, 1.165) is 16.8 Å². The Hall–Kier alpha value is -2.83. The Balaban J connectivity index is 2.21. The number of rotatable bonds is 4. The van der Waals surface area contributed by atoms with Gasteiger partial charge in [0.2, 0.25) is 5.95 Å². The number of hydrogen-bond donors (Lipinski definition) is 2. The molecule has 24 heavy (non-hydrogen) atoms. The Morgan fingerprint density at radius 3 is 2.29 bits per heavy atom. The van der Waals surface area contributed by atoms with Gasteiger partial charge in [0, 0.05) is 33.9 Å². The highest BCUT2D eigenvalue weighted by Gasteiger charge is 2.14. The standard InChI is InChI=1S/C17H24N6O/c1-11-8-7-9-13(12(11)2)19-17(24)20-14-10-18-16(23(5)6)21-15(14)22(3)4/h7-10H,1-6H3,(H2,19,20,24). The van der Waals surface area contributed by atoms with Crippen molar-refractivity contribution >= 4 is 29.2 Å². The number of hydrogen-bond acceptors (Lipinski definition) is 5. The number of nitrogens with one attached hydrogen (secondary N) is 2. The van der Waals surface area contributed by atoms with Gasteiger partial charge in [0.15, 0.2) is 5.82 Å². The Labute approximate surface area is 142 Å². The zero-order valence-electron chi connectivity index (χ0n) is 15.0. The molecule has 2 amide bonds. The molecule has 1 aromatic carbocycles. The van der Waals surface area contributed by atoms with Crippen molar-refractivity contribution in [2.75, 3.05) is 48.6 Å². The summed E-state index contributed by atoms with van der Waals surface area (Å²) in [7, 11) is 7.48. The van der Waals surface area contributed by atoms with E-state index in [1.807, 2.05) is 70.0 Å². The van der Waals surface area contributed by atoms with E-state index in [1.54, 1.807) is 6.20 Å². The van der Waals surface area contributed by atoms with Crippen molar-refractivity contribution in [2.24, 2.45) is 0 Å². The molecule has 0 aliphatic rings. The van der Waals surface area contributed by atoms with Gasteiger partial charge in [-0.2, -0.15) is 4.98 Å². The number of carbonyl (C=O) groups is 1. The third-order valence-corrected chi connectivity index (χ3v) is 3.68. The van der Waals surface area contributed by atoms with E-state index in [2.05, 4.69) is 20.6 Å². The highest BCUT2D eigenvalue weighted by molar-refractivity contribution is 6.01. The first-order valence-corrected chi connectivity index (χ1v) is 7.65. The van der Waals surface area contributed by atoms with E-state index in [1.165, 1.54) is 0 Å². The van der Waals surface area contributed by atoms with Gasteiger partial charge in [-0.25, -0.2) is 9.78 Å². The van der Waals surface area contributed by atoms with Crippen LogP contribution >= 0.6 is 0 Å². The van der Waals surface area contributed by atoms with Crippen LogP contribution in [-0.4, -0.2) is 44.2 Å². The second-order valence-electron chi connectivity index (χ2n) is 6.02. The number of amides is 2. The average molecular weight is 328 g/mol. The maximum absolute atomic E-state index is 12.3. The molecular formula is C17H24N6O. The van der Waals surface area contributed by atoms with Crippen molar-refractivity contribution in [1.29, 1.82) is 0 Å². The van der Waals surface area contributed by atoms with E-state index in [4.69, 9.17) is 0 Å². The van der Waals surface area contributed by atoms with E-state index in [9.17, 15) is 4.79 Å². The number of aryl methyl sites for hydroxylation is 1. The third-order valence-electron chi connectivity index (χ3n) is 3.68. The minimum absolute atomic E-state index is 0.326. The Kier molecular flexibility index (Phi) is 5.23. The molecule has 0 aliphatic carbocycles. The molecule has 0 radical (unpaired) electrons. The van der Waals surface area contributed by atoms with Crippen LogP contribution in [0.3, 0.4) is 0 Å². The molecule has 0 bridgehead atoms. The van der Waals surface area contributed by atoms with Crippen molar-refractivity contribution in [3.63, 3.8) is 0 Å². The van der Waals surface area contributed by atoms with Gasteiger partial charge in [0.25, 0.3) is 0 Å². The summed E-state index contributed by atoms with van der Waals surface area (Å²) < 4.78 is 0. The highest BCUT2D eigenvalue weighted by Crippen LogP contribution is 2.24. The number of anilines is 4. The highest BCUT2D eigenvalue weighted by atomic mass is 16.2. The molecule has 1 heterocycles. The van der Waals surface area contributed by atoms with Crippen LogP contribution in [0, 0.1) is 13.8 Å². The molecule has 0 aliphatic heterocycles. The Bertz CT molecular complexity index is 742. The molecule has 2 aromatic rings. The van der Waals surface area contributed by atoms with Crippen LogP contribution in [0.4, 0.5) is 27.9 Å². The number of benzene rings is 1. The smallest absolute Gasteiger partial charge is 0.323 e. The second-order valence-corrected chi connectivity index (χ2v) is 6.02. The number of carbonyl (C=O) groups excluding carboxylic acids is 1. The van der Waals surface area contributed by atoms with E-state index in [-0.39, 0.29) is 6.03 Å².